The molecule has 1 saturated heterocycles. The first-order valence-corrected chi connectivity index (χ1v) is 11.6. The second kappa shape index (κ2) is 8.45. The number of sulfone groups is 1. The molecular weight excluding hydrogens is 396 g/mol. The van der Waals surface area contributed by atoms with E-state index < -0.39 is 26.9 Å². The monoisotopic (exact) mass is 420 g/mol. The van der Waals surface area contributed by atoms with Gasteiger partial charge in [-0.05, 0) is 61.4 Å². The maximum Gasteiger partial charge on any atom is 0.311 e. The van der Waals surface area contributed by atoms with Crippen molar-refractivity contribution in [2.24, 2.45) is 0 Å². The number of rotatable bonds is 5. The van der Waals surface area contributed by atoms with Crippen LogP contribution in [0.5, 0.6) is 0 Å². The molecule has 2 amide bonds. The van der Waals surface area contributed by atoms with Crippen LogP contribution >= 0.6 is 11.3 Å². The van der Waals surface area contributed by atoms with E-state index in [1.807, 2.05) is 13.8 Å². The molecule has 1 N–H and O–H groups in total. The molecule has 2 aromatic rings. The van der Waals surface area contributed by atoms with Gasteiger partial charge in [-0.2, -0.15) is 0 Å². The molecule has 6 nitrogen and oxygen atoms in total. The smallest absolute Gasteiger partial charge is 0.311 e. The fourth-order valence-corrected chi connectivity index (χ4v) is 6.09. The van der Waals surface area contributed by atoms with E-state index in [2.05, 4.69) is 5.32 Å². The van der Waals surface area contributed by atoms with E-state index in [1.165, 1.54) is 16.2 Å². The first-order valence-electron chi connectivity index (χ1n) is 9.22. The minimum atomic E-state index is -3.73. The molecule has 1 aromatic carbocycles. The zero-order chi connectivity index (χ0) is 20.3. The highest BCUT2D eigenvalue weighted by Crippen LogP contribution is 2.32. The number of thiophene rings is 1. The molecule has 0 spiro atoms. The maximum atomic E-state index is 13.3. The molecule has 0 bridgehead atoms. The van der Waals surface area contributed by atoms with Crippen molar-refractivity contribution in [2.45, 2.75) is 36.8 Å². The predicted molar refractivity (Wildman–Crippen MR) is 109 cm³/mol. The van der Waals surface area contributed by atoms with Gasteiger partial charge in [-0.15, -0.1) is 11.3 Å². The summed E-state index contributed by atoms with van der Waals surface area (Å²) in [5.41, 5.74) is 1.90. The van der Waals surface area contributed by atoms with Gasteiger partial charge in [0, 0.05) is 24.5 Å². The van der Waals surface area contributed by atoms with Crippen molar-refractivity contribution in [1.82, 2.24) is 10.2 Å². The average molecular weight is 421 g/mol. The molecule has 1 aliphatic rings. The third-order valence-electron chi connectivity index (χ3n) is 5.08. The normalized spacial score (nSPS) is 15.4. The lowest BCUT2D eigenvalue weighted by atomic mass is 10.1. The summed E-state index contributed by atoms with van der Waals surface area (Å²) in [6, 6.07) is 8.55. The van der Waals surface area contributed by atoms with Crippen LogP contribution in [0.15, 0.2) is 40.6 Å². The summed E-state index contributed by atoms with van der Waals surface area (Å²) in [5, 5.41) is 3.41. The first-order chi connectivity index (χ1) is 13.3. The molecule has 0 aliphatic carbocycles. The first kappa shape index (κ1) is 20.5. The minimum Gasteiger partial charge on any atom is -0.346 e. The van der Waals surface area contributed by atoms with Crippen molar-refractivity contribution in [3.63, 3.8) is 0 Å². The number of amides is 2. The molecule has 1 aliphatic heterocycles. The molecular formula is C20H24N2O4S2. The third-order valence-corrected chi connectivity index (χ3v) is 8.29. The van der Waals surface area contributed by atoms with Gasteiger partial charge in [-0.25, -0.2) is 8.42 Å². The van der Waals surface area contributed by atoms with E-state index in [4.69, 9.17) is 0 Å². The fraction of sp³-hybridized carbons (Fsp3) is 0.400. The molecule has 28 heavy (non-hydrogen) atoms. The van der Waals surface area contributed by atoms with Crippen LogP contribution in [0.1, 0.15) is 34.1 Å². The summed E-state index contributed by atoms with van der Waals surface area (Å²) in [7, 11) is -3.73. The summed E-state index contributed by atoms with van der Waals surface area (Å²) in [5.74, 6) is -1.34. The van der Waals surface area contributed by atoms with E-state index >= 15 is 0 Å². The number of nitrogens with zero attached hydrogens (tertiary/aromatic N) is 1. The second-order valence-electron chi connectivity index (χ2n) is 7.00. The van der Waals surface area contributed by atoms with Gasteiger partial charge in [0.05, 0.1) is 4.90 Å². The number of carbonyl (C=O) groups is 2. The Morgan fingerprint density at radius 3 is 2.46 bits per heavy atom. The van der Waals surface area contributed by atoms with Gasteiger partial charge in [-0.1, -0.05) is 12.1 Å². The Morgan fingerprint density at radius 1 is 1.14 bits per heavy atom. The molecule has 8 heteroatoms. The Hall–Kier alpha value is -2.19. The van der Waals surface area contributed by atoms with Crippen LogP contribution in [-0.2, 0) is 19.4 Å². The summed E-state index contributed by atoms with van der Waals surface area (Å²) in [4.78, 5) is 26.8. The van der Waals surface area contributed by atoms with Crippen LogP contribution in [0.2, 0.25) is 0 Å². The largest absolute Gasteiger partial charge is 0.346 e. The third kappa shape index (κ3) is 4.28. The Labute approximate surface area is 169 Å². The van der Waals surface area contributed by atoms with Gasteiger partial charge in [0.15, 0.2) is 9.84 Å². The highest BCUT2D eigenvalue weighted by atomic mass is 32.2. The van der Waals surface area contributed by atoms with E-state index in [0.29, 0.717) is 18.0 Å². The van der Waals surface area contributed by atoms with Crippen LogP contribution in [0, 0.1) is 13.8 Å². The molecule has 0 saturated carbocycles. The van der Waals surface area contributed by atoms with Crippen molar-refractivity contribution >= 4 is 33.0 Å². The molecule has 0 unspecified atom stereocenters. The molecule has 1 aromatic heterocycles. The van der Waals surface area contributed by atoms with Crippen molar-refractivity contribution in [1.29, 1.82) is 0 Å². The Morgan fingerprint density at radius 2 is 1.86 bits per heavy atom. The highest BCUT2D eigenvalue weighted by Gasteiger charge is 2.32. The zero-order valence-corrected chi connectivity index (χ0v) is 17.6. The molecule has 150 valence electrons. The Kier molecular flexibility index (Phi) is 6.20. The molecule has 0 radical (unpaired) electrons. The number of aryl methyl sites for hydroxylation is 2. The Bertz CT molecular complexity index is 962. The van der Waals surface area contributed by atoms with E-state index in [1.54, 1.807) is 35.7 Å². The lowest BCUT2D eigenvalue weighted by Gasteiger charge is -2.19. The SMILES string of the molecule is Cc1ccc(S(=O)(=O)[C@H](CNC(=O)C(=O)N2CCCC2)c2cccs2)cc1C. The van der Waals surface area contributed by atoms with Crippen molar-refractivity contribution in [3.8, 4) is 0 Å². The highest BCUT2D eigenvalue weighted by molar-refractivity contribution is 7.91. The van der Waals surface area contributed by atoms with E-state index in [0.717, 1.165) is 24.0 Å². The average Bonchev–Trinajstić information content (AvgIpc) is 3.37. The van der Waals surface area contributed by atoms with Crippen molar-refractivity contribution in [3.05, 3.63) is 51.7 Å². The maximum absolute atomic E-state index is 13.3. The van der Waals surface area contributed by atoms with Gasteiger partial charge >= 0.3 is 11.8 Å². The Balaban J connectivity index is 1.82. The minimum absolute atomic E-state index is 0.145. The van der Waals surface area contributed by atoms with Gasteiger partial charge in [-0.3, -0.25) is 9.59 Å². The molecule has 1 atom stereocenters. The van der Waals surface area contributed by atoms with E-state index in [9.17, 15) is 18.0 Å². The number of likely N-dealkylation sites (tertiary alicyclic amines) is 1. The quantitative estimate of drug-likeness (QED) is 0.754. The number of hydrogen-bond donors (Lipinski definition) is 1. The lowest BCUT2D eigenvalue weighted by Crippen LogP contribution is -2.43. The summed E-state index contributed by atoms with van der Waals surface area (Å²) < 4.78 is 26.6. The van der Waals surface area contributed by atoms with Crippen LogP contribution in [0.25, 0.3) is 0 Å². The predicted octanol–water partition coefficient (Wildman–Crippen LogP) is 2.62. The lowest BCUT2D eigenvalue weighted by molar-refractivity contribution is -0.145. The second-order valence-corrected chi connectivity index (χ2v) is 10.1. The number of nitrogens with one attached hydrogen (secondary N) is 1. The standard InChI is InChI=1S/C20H24N2O4S2/c1-14-7-8-16(12-15(14)2)28(25,26)18(17-6-5-11-27-17)13-21-19(23)20(24)22-9-3-4-10-22/h5-8,11-12,18H,3-4,9-10,13H2,1-2H3,(H,21,23)/t18-/m1/s1. The molecule has 1 fully saturated rings. The number of benzene rings is 1. The number of hydrogen-bond acceptors (Lipinski definition) is 5. The van der Waals surface area contributed by atoms with Gasteiger partial charge in [0.2, 0.25) is 0 Å². The topological polar surface area (TPSA) is 83.5 Å². The summed E-state index contributed by atoms with van der Waals surface area (Å²) in [6.07, 6.45) is 1.77. The van der Waals surface area contributed by atoms with Crippen molar-refractivity contribution in [2.75, 3.05) is 19.6 Å². The van der Waals surface area contributed by atoms with E-state index in [-0.39, 0.29) is 11.4 Å². The summed E-state index contributed by atoms with van der Waals surface area (Å²) in [6.45, 7) is 4.79. The van der Waals surface area contributed by atoms with Crippen LogP contribution in [0.4, 0.5) is 0 Å². The number of carbonyl (C=O) groups excluding carboxylic acids is 2. The van der Waals surface area contributed by atoms with Crippen molar-refractivity contribution < 1.29 is 18.0 Å². The van der Waals surface area contributed by atoms with Gasteiger partial charge in [0.25, 0.3) is 0 Å². The van der Waals surface area contributed by atoms with Gasteiger partial charge < -0.3 is 10.2 Å². The zero-order valence-electron chi connectivity index (χ0n) is 16.0. The van der Waals surface area contributed by atoms with Crippen LogP contribution < -0.4 is 5.32 Å². The summed E-state index contributed by atoms with van der Waals surface area (Å²) >= 11 is 1.32. The van der Waals surface area contributed by atoms with Gasteiger partial charge in [0.1, 0.15) is 5.25 Å². The van der Waals surface area contributed by atoms with Crippen LogP contribution in [-0.4, -0.2) is 44.8 Å². The molecule has 2 heterocycles. The fourth-order valence-electron chi connectivity index (χ4n) is 3.22. The molecule has 3 rings (SSSR count). The van der Waals surface area contributed by atoms with Crippen LogP contribution in [0.3, 0.4) is 0 Å².